The van der Waals surface area contributed by atoms with Gasteiger partial charge in [-0.2, -0.15) is 0 Å². The average Bonchev–Trinajstić information content (AvgIpc) is 3.49. The predicted molar refractivity (Wildman–Crippen MR) is 362 cm³/mol. The molecular formula is C77H132O6. The maximum atomic E-state index is 12.9. The van der Waals surface area contributed by atoms with Crippen molar-refractivity contribution in [2.45, 2.75) is 348 Å². The van der Waals surface area contributed by atoms with E-state index in [2.05, 4.69) is 124 Å². The molecule has 0 aliphatic rings. The van der Waals surface area contributed by atoms with Crippen LogP contribution in [0.25, 0.3) is 0 Å². The molecule has 6 heteroatoms. The highest BCUT2D eigenvalue weighted by Gasteiger charge is 2.19. The lowest BCUT2D eigenvalue weighted by atomic mass is 10.0. The Morgan fingerprint density at radius 1 is 0.253 bits per heavy atom. The van der Waals surface area contributed by atoms with E-state index in [9.17, 15) is 14.4 Å². The van der Waals surface area contributed by atoms with Crippen molar-refractivity contribution in [1.82, 2.24) is 0 Å². The topological polar surface area (TPSA) is 78.9 Å². The highest BCUT2D eigenvalue weighted by atomic mass is 16.6. The van der Waals surface area contributed by atoms with E-state index in [1.807, 2.05) is 6.08 Å². The van der Waals surface area contributed by atoms with E-state index in [0.29, 0.717) is 19.3 Å². The minimum absolute atomic E-state index is 0.113. The molecule has 0 spiro atoms. The van der Waals surface area contributed by atoms with Gasteiger partial charge in [-0.1, -0.05) is 342 Å². The average molecular weight is 1150 g/mol. The summed E-state index contributed by atoms with van der Waals surface area (Å²) in [6.45, 7) is 6.35. The predicted octanol–water partition coefficient (Wildman–Crippen LogP) is 24.6. The minimum Gasteiger partial charge on any atom is -0.462 e. The molecule has 0 saturated carbocycles. The first-order valence-electron chi connectivity index (χ1n) is 35.4. The van der Waals surface area contributed by atoms with E-state index in [4.69, 9.17) is 14.2 Å². The summed E-state index contributed by atoms with van der Waals surface area (Å²) in [6.07, 6.45) is 97.4. The molecule has 0 aliphatic heterocycles. The van der Waals surface area contributed by atoms with Crippen LogP contribution in [0.4, 0.5) is 0 Å². The monoisotopic (exact) mass is 1150 g/mol. The second kappa shape index (κ2) is 70.6. The van der Waals surface area contributed by atoms with Gasteiger partial charge >= 0.3 is 17.9 Å². The van der Waals surface area contributed by atoms with Gasteiger partial charge in [0.1, 0.15) is 13.2 Å². The molecule has 0 aromatic carbocycles. The van der Waals surface area contributed by atoms with Crippen LogP contribution in [0.1, 0.15) is 342 Å². The largest absolute Gasteiger partial charge is 0.462 e. The zero-order valence-corrected chi connectivity index (χ0v) is 54.7. The first-order valence-corrected chi connectivity index (χ1v) is 35.4. The number of rotatable bonds is 64. The van der Waals surface area contributed by atoms with E-state index in [0.717, 1.165) is 96.3 Å². The number of allylic oxidation sites excluding steroid dienone is 18. The smallest absolute Gasteiger partial charge is 0.306 e. The summed E-state index contributed by atoms with van der Waals surface area (Å²) in [5, 5.41) is 0. The van der Waals surface area contributed by atoms with E-state index >= 15 is 0 Å². The van der Waals surface area contributed by atoms with Gasteiger partial charge < -0.3 is 14.2 Å². The minimum atomic E-state index is -0.827. The molecule has 1 atom stereocenters. The standard InChI is InChI=1S/C77H132O6/c1-4-7-10-13-16-19-22-25-27-29-31-32-33-34-35-36-37-38-39-40-41-42-43-44-46-47-49-52-55-58-61-64-67-70-76(79)82-73-74(72-81-75(78)69-66-63-60-57-54-51-24-21-18-15-12-9-6-3)83-77(80)71-68-65-62-59-56-53-50-48-45-30-28-26-23-20-17-14-11-8-5-2/h8-9,11-12,17-18,20-21,26,28,45,48,51,53-54,56,60,63,74H,4-7,10,13-16,19,22-25,27,29-44,46-47,49-50,52,55,57-59,61-62,64-73H2,1-3H3/b11-8-,12-9-,20-17-,21-18-,28-26-,48-45-,54-51-,56-53-,63-60-. The van der Waals surface area contributed by atoms with Crippen molar-refractivity contribution in [2.75, 3.05) is 13.2 Å². The number of carbonyl (C=O) groups is 3. The van der Waals surface area contributed by atoms with Gasteiger partial charge in [-0.25, -0.2) is 0 Å². The van der Waals surface area contributed by atoms with Crippen LogP contribution < -0.4 is 0 Å². The first kappa shape index (κ1) is 79.1. The zero-order valence-electron chi connectivity index (χ0n) is 54.7. The molecule has 0 rings (SSSR count). The van der Waals surface area contributed by atoms with Gasteiger partial charge in [-0.15, -0.1) is 0 Å². The molecule has 6 nitrogen and oxygen atoms in total. The van der Waals surface area contributed by atoms with Crippen molar-refractivity contribution in [1.29, 1.82) is 0 Å². The van der Waals surface area contributed by atoms with Gasteiger partial charge in [-0.3, -0.25) is 14.4 Å². The summed E-state index contributed by atoms with van der Waals surface area (Å²) < 4.78 is 16.8. The summed E-state index contributed by atoms with van der Waals surface area (Å²) in [7, 11) is 0. The first-order chi connectivity index (χ1) is 41.0. The van der Waals surface area contributed by atoms with E-state index in [-0.39, 0.29) is 44.0 Å². The number of unbranched alkanes of at least 4 members (excludes halogenated alkanes) is 35. The fraction of sp³-hybridized carbons (Fsp3) is 0.727. The van der Waals surface area contributed by atoms with Gasteiger partial charge in [0, 0.05) is 19.3 Å². The normalized spacial score (nSPS) is 12.8. The quantitative estimate of drug-likeness (QED) is 0.0261. The summed E-state index contributed by atoms with van der Waals surface area (Å²) in [4.78, 5) is 38.3. The molecule has 0 N–H and O–H groups in total. The van der Waals surface area contributed by atoms with Crippen molar-refractivity contribution in [3.8, 4) is 0 Å². The molecule has 0 heterocycles. The molecule has 476 valence electrons. The number of esters is 3. The Labute approximate surface area is 514 Å². The molecule has 0 aromatic rings. The van der Waals surface area contributed by atoms with Gasteiger partial charge in [0.25, 0.3) is 0 Å². The van der Waals surface area contributed by atoms with Crippen molar-refractivity contribution in [3.63, 3.8) is 0 Å². The van der Waals surface area contributed by atoms with Crippen LogP contribution in [0.15, 0.2) is 109 Å². The summed E-state index contributed by atoms with van der Waals surface area (Å²) in [5.74, 6) is -1.02. The van der Waals surface area contributed by atoms with Crippen LogP contribution in [0, 0.1) is 0 Å². The van der Waals surface area contributed by atoms with Gasteiger partial charge in [0.05, 0.1) is 0 Å². The molecular weight excluding hydrogens is 1020 g/mol. The molecule has 0 radical (unpaired) electrons. The lowest BCUT2D eigenvalue weighted by molar-refractivity contribution is -0.166. The van der Waals surface area contributed by atoms with Crippen LogP contribution in [0.3, 0.4) is 0 Å². The fourth-order valence-corrected chi connectivity index (χ4v) is 10.1. The van der Waals surface area contributed by atoms with Crippen molar-refractivity contribution < 1.29 is 28.6 Å². The lowest BCUT2D eigenvalue weighted by Gasteiger charge is -2.18. The van der Waals surface area contributed by atoms with Crippen molar-refractivity contribution in [3.05, 3.63) is 109 Å². The van der Waals surface area contributed by atoms with Gasteiger partial charge in [0.2, 0.25) is 0 Å². The summed E-state index contributed by atoms with van der Waals surface area (Å²) in [5.41, 5.74) is 0. The van der Waals surface area contributed by atoms with E-state index in [1.54, 1.807) is 0 Å². The van der Waals surface area contributed by atoms with Crippen molar-refractivity contribution in [2.24, 2.45) is 0 Å². The van der Waals surface area contributed by atoms with E-state index < -0.39 is 6.10 Å². The Bertz CT molecular complexity index is 1660. The van der Waals surface area contributed by atoms with Gasteiger partial charge in [-0.05, 0) is 89.9 Å². The Hall–Kier alpha value is -3.93. The zero-order chi connectivity index (χ0) is 59.9. The molecule has 0 bridgehead atoms. The highest BCUT2D eigenvalue weighted by molar-refractivity contribution is 5.71. The number of hydrogen-bond acceptors (Lipinski definition) is 6. The third kappa shape index (κ3) is 68.7. The Kier molecular flexibility index (Phi) is 67.2. The maximum Gasteiger partial charge on any atom is 0.306 e. The second-order valence-electron chi connectivity index (χ2n) is 23.4. The summed E-state index contributed by atoms with van der Waals surface area (Å²) in [6, 6.07) is 0. The molecule has 1 unspecified atom stereocenters. The molecule has 0 amide bonds. The number of hydrogen-bond donors (Lipinski definition) is 0. The fourth-order valence-electron chi connectivity index (χ4n) is 10.1. The molecule has 0 aliphatic carbocycles. The maximum absolute atomic E-state index is 12.9. The van der Waals surface area contributed by atoms with Crippen LogP contribution in [0.2, 0.25) is 0 Å². The molecule has 0 aromatic heterocycles. The molecule has 0 fully saturated rings. The third-order valence-corrected chi connectivity index (χ3v) is 15.3. The van der Waals surface area contributed by atoms with Crippen LogP contribution in [0.5, 0.6) is 0 Å². The lowest BCUT2D eigenvalue weighted by Crippen LogP contribution is -2.30. The SMILES string of the molecule is CC/C=C\C/C=C\C/C=C\C/C=C\C/C=C\CCCCCC(=O)OC(COC(=O)CC/C=C\C/C=C\C/C=C\C/C=C\CC)COC(=O)CCCCCCCCCCCCCCCCCCCCCCCCCCCCCCCCCCC. The highest BCUT2D eigenvalue weighted by Crippen LogP contribution is 2.18. The van der Waals surface area contributed by atoms with E-state index in [1.165, 1.54) is 193 Å². The van der Waals surface area contributed by atoms with Crippen LogP contribution in [-0.4, -0.2) is 37.2 Å². The Balaban J connectivity index is 4.21. The Morgan fingerprint density at radius 2 is 0.494 bits per heavy atom. The third-order valence-electron chi connectivity index (χ3n) is 15.3. The van der Waals surface area contributed by atoms with Gasteiger partial charge in [0.15, 0.2) is 6.10 Å². The van der Waals surface area contributed by atoms with Crippen LogP contribution in [-0.2, 0) is 28.6 Å². The second-order valence-corrected chi connectivity index (χ2v) is 23.4. The number of carbonyl (C=O) groups excluding carboxylic acids is 3. The number of ether oxygens (including phenoxy) is 3. The summed E-state index contributed by atoms with van der Waals surface area (Å²) >= 11 is 0. The van der Waals surface area contributed by atoms with Crippen molar-refractivity contribution >= 4 is 17.9 Å². The molecule has 0 saturated heterocycles. The van der Waals surface area contributed by atoms with Crippen LogP contribution >= 0.6 is 0 Å². The Morgan fingerprint density at radius 3 is 0.807 bits per heavy atom. The molecule has 83 heavy (non-hydrogen) atoms.